The number of amides is 2. The molecule has 0 saturated heterocycles. The maximum Gasteiger partial charge on any atom is 0.513 e. The maximum absolute atomic E-state index is 12.1. The van der Waals surface area contributed by atoms with Gasteiger partial charge in [-0.1, -0.05) is 32.1 Å². The topological polar surface area (TPSA) is 93.7 Å². The molecule has 0 unspecified atom stereocenters. The van der Waals surface area contributed by atoms with Crippen LogP contribution >= 0.6 is 0 Å². The number of hydrogen-bond acceptors (Lipinski definition) is 5. The first-order valence-electron chi connectivity index (χ1n) is 10.1. The lowest BCUT2D eigenvalue weighted by atomic mass is 9.86. The third-order valence-electron chi connectivity index (χ3n) is 4.82. The largest absolute Gasteiger partial charge is 0.513 e. The summed E-state index contributed by atoms with van der Waals surface area (Å²) >= 11 is 0. The summed E-state index contributed by atoms with van der Waals surface area (Å²) in [6.45, 7) is 2.68. The van der Waals surface area contributed by atoms with Gasteiger partial charge in [-0.25, -0.2) is 4.79 Å². The van der Waals surface area contributed by atoms with Gasteiger partial charge in [-0.05, 0) is 43.5 Å². The lowest BCUT2D eigenvalue weighted by molar-refractivity contribution is -0.121. The predicted octanol–water partition coefficient (Wildman–Crippen LogP) is 3.43. The molecule has 7 nitrogen and oxygen atoms in total. The highest BCUT2D eigenvalue weighted by atomic mass is 16.7. The predicted molar refractivity (Wildman–Crippen MR) is 105 cm³/mol. The van der Waals surface area contributed by atoms with Gasteiger partial charge in [0.15, 0.2) is 0 Å². The summed E-state index contributed by atoms with van der Waals surface area (Å²) in [5.41, 5.74) is 0.444. The SMILES string of the molecule is CCOC(=O)Oc1ccc(C(=O)NCCNC(=O)CCC2CCCCC2)cc1. The van der Waals surface area contributed by atoms with E-state index in [9.17, 15) is 14.4 Å². The van der Waals surface area contributed by atoms with Crippen LogP contribution in [0.4, 0.5) is 4.79 Å². The highest BCUT2D eigenvalue weighted by Gasteiger charge is 2.14. The van der Waals surface area contributed by atoms with Crippen molar-refractivity contribution in [3.05, 3.63) is 29.8 Å². The van der Waals surface area contributed by atoms with Crippen molar-refractivity contribution in [2.45, 2.75) is 51.9 Å². The van der Waals surface area contributed by atoms with E-state index in [1.54, 1.807) is 19.1 Å². The highest BCUT2D eigenvalue weighted by molar-refractivity contribution is 5.94. The second kappa shape index (κ2) is 12.0. The average molecular weight is 390 g/mol. The molecule has 1 aliphatic carbocycles. The highest BCUT2D eigenvalue weighted by Crippen LogP contribution is 2.27. The van der Waals surface area contributed by atoms with Crippen molar-refractivity contribution in [3.8, 4) is 5.75 Å². The Morgan fingerprint density at radius 2 is 1.68 bits per heavy atom. The van der Waals surface area contributed by atoms with Crippen LogP contribution in [0.1, 0.15) is 62.2 Å². The Balaban J connectivity index is 1.61. The first-order chi connectivity index (χ1) is 13.6. The molecule has 1 fully saturated rings. The van der Waals surface area contributed by atoms with E-state index in [-0.39, 0.29) is 18.4 Å². The first kappa shape index (κ1) is 21.7. The van der Waals surface area contributed by atoms with Gasteiger partial charge in [0.1, 0.15) is 5.75 Å². The molecule has 0 atom stereocenters. The molecule has 154 valence electrons. The molecule has 2 rings (SSSR count). The fourth-order valence-electron chi connectivity index (χ4n) is 3.30. The molecule has 1 aromatic carbocycles. The Hall–Kier alpha value is -2.57. The smallest absolute Gasteiger partial charge is 0.434 e. The molecule has 0 bridgehead atoms. The van der Waals surface area contributed by atoms with E-state index >= 15 is 0 Å². The Kier molecular flexibility index (Phi) is 9.31. The number of carbonyl (C=O) groups excluding carboxylic acids is 3. The third kappa shape index (κ3) is 7.98. The van der Waals surface area contributed by atoms with Gasteiger partial charge in [0, 0.05) is 25.1 Å². The van der Waals surface area contributed by atoms with Gasteiger partial charge in [-0.3, -0.25) is 9.59 Å². The van der Waals surface area contributed by atoms with Crippen molar-refractivity contribution in [1.82, 2.24) is 10.6 Å². The molecule has 7 heteroatoms. The maximum atomic E-state index is 12.1. The van der Waals surface area contributed by atoms with Crippen LogP contribution in [0.2, 0.25) is 0 Å². The van der Waals surface area contributed by atoms with Gasteiger partial charge in [-0.15, -0.1) is 0 Å². The van der Waals surface area contributed by atoms with Gasteiger partial charge in [-0.2, -0.15) is 0 Å². The number of nitrogens with one attached hydrogen (secondary N) is 2. The number of rotatable bonds is 9. The van der Waals surface area contributed by atoms with Crippen LogP contribution in [0.3, 0.4) is 0 Å². The van der Waals surface area contributed by atoms with Gasteiger partial charge >= 0.3 is 6.16 Å². The van der Waals surface area contributed by atoms with Crippen LogP contribution in [-0.4, -0.2) is 37.7 Å². The van der Waals surface area contributed by atoms with E-state index in [4.69, 9.17) is 4.74 Å². The molecule has 0 radical (unpaired) electrons. The van der Waals surface area contributed by atoms with E-state index in [1.807, 2.05) is 0 Å². The van der Waals surface area contributed by atoms with Crippen molar-refractivity contribution in [2.75, 3.05) is 19.7 Å². The number of carbonyl (C=O) groups is 3. The number of hydrogen-bond donors (Lipinski definition) is 2. The number of ether oxygens (including phenoxy) is 2. The van der Waals surface area contributed by atoms with Gasteiger partial charge in [0.25, 0.3) is 5.91 Å². The minimum atomic E-state index is -0.779. The fourth-order valence-corrected chi connectivity index (χ4v) is 3.30. The summed E-state index contributed by atoms with van der Waals surface area (Å²) < 4.78 is 9.63. The monoisotopic (exact) mass is 390 g/mol. The van der Waals surface area contributed by atoms with Crippen LogP contribution < -0.4 is 15.4 Å². The molecule has 28 heavy (non-hydrogen) atoms. The first-order valence-corrected chi connectivity index (χ1v) is 10.1. The average Bonchev–Trinajstić information content (AvgIpc) is 2.71. The third-order valence-corrected chi connectivity index (χ3v) is 4.82. The zero-order valence-electron chi connectivity index (χ0n) is 16.5. The van der Waals surface area contributed by atoms with Crippen molar-refractivity contribution < 1.29 is 23.9 Å². The Bertz CT molecular complexity index is 639. The molecule has 1 aromatic rings. The van der Waals surface area contributed by atoms with E-state index in [2.05, 4.69) is 15.4 Å². The quantitative estimate of drug-likeness (QED) is 0.383. The van der Waals surface area contributed by atoms with Crippen LogP contribution in [0.25, 0.3) is 0 Å². The molecular formula is C21H30N2O5. The minimum Gasteiger partial charge on any atom is -0.434 e. The Morgan fingerprint density at radius 1 is 1.00 bits per heavy atom. The summed E-state index contributed by atoms with van der Waals surface area (Å²) in [4.78, 5) is 35.2. The van der Waals surface area contributed by atoms with E-state index in [0.717, 1.165) is 6.42 Å². The molecule has 0 aromatic heterocycles. The molecule has 2 amide bonds. The van der Waals surface area contributed by atoms with Crippen LogP contribution in [0, 0.1) is 5.92 Å². The minimum absolute atomic E-state index is 0.0419. The van der Waals surface area contributed by atoms with Crippen LogP contribution in [0.5, 0.6) is 5.75 Å². The zero-order chi connectivity index (χ0) is 20.2. The zero-order valence-corrected chi connectivity index (χ0v) is 16.5. The fraction of sp³-hybridized carbons (Fsp3) is 0.571. The Morgan fingerprint density at radius 3 is 2.36 bits per heavy atom. The summed E-state index contributed by atoms with van der Waals surface area (Å²) in [5.74, 6) is 0.787. The lowest BCUT2D eigenvalue weighted by Gasteiger charge is -2.20. The molecule has 0 aliphatic heterocycles. The molecule has 1 aliphatic rings. The van der Waals surface area contributed by atoms with Crippen molar-refractivity contribution in [1.29, 1.82) is 0 Å². The molecule has 0 spiro atoms. The number of benzene rings is 1. The summed E-state index contributed by atoms with van der Waals surface area (Å²) in [7, 11) is 0. The van der Waals surface area contributed by atoms with E-state index in [0.29, 0.717) is 36.7 Å². The summed E-state index contributed by atoms with van der Waals surface area (Å²) in [6, 6.07) is 6.18. The van der Waals surface area contributed by atoms with E-state index < -0.39 is 6.16 Å². The lowest BCUT2D eigenvalue weighted by Crippen LogP contribution is -2.34. The van der Waals surface area contributed by atoms with Crippen molar-refractivity contribution in [2.24, 2.45) is 5.92 Å². The summed E-state index contributed by atoms with van der Waals surface area (Å²) in [6.07, 6.45) is 7.11. The second-order valence-corrected chi connectivity index (χ2v) is 6.96. The molecule has 0 heterocycles. The summed E-state index contributed by atoms with van der Waals surface area (Å²) in [5, 5.41) is 5.60. The molecular weight excluding hydrogens is 360 g/mol. The second-order valence-electron chi connectivity index (χ2n) is 6.96. The molecule has 2 N–H and O–H groups in total. The van der Waals surface area contributed by atoms with Gasteiger partial charge in [0.2, 0.25) is 5.91 Å². The normalized spacial score (nSPS) is 14.2. The Labute approximate surface area is 166 Å². The standard InChI is InChI=1S/C21H30N2O5/c1-2-27-21(26)28-18-11-9-17(10-12-18)20(25)23-15-14-22-19(24)13-8-16-6-4-3-5-7-16/h9-12,16H,2-8,13-15H2,1H3,(H,22,24)(H,23,25). The van der Waals surface area contributed by atoms with Crippen LogP contribution in [0.15, 0.2) is 24.3 Å². The van der Waals surface area contributed by atoms with Gasteiger partial charge < -0.3 is 20.1 Å². The van der Waals surface area contributed by atoms with E-state index in [1.165, 1.54) is 44.2 Å². The van der Waals surface area contributed by atoms with Gasteiger partial charge in [0.05, 0.1) is 6.61 Å². The van der Waals surface area contributed by atoms with Crippen molar-refractivity contribution in [3.63, 3.8) is 0 Å². The van der Waals surface area contributed by atoms with Crippen molar-refractivity contribution >= 4 is 18.0 Å². The van der Waals surface area contributed by atoms with Crippen LogP contribution in [-0.2, 0) is 9.53 Å². The molecule has 1 saturated carbocycles.